The first-order valence-corrected chi connectivity index (χ1v) is 9.38. The number of fused-ring (bicyclic) bond motifs is 3. The molecule has 5 rings (SSSR count). The minimum Gasteiger partial charge on any atom is -0.338 e. The third-order valence-corrected chi connectivity index (χ3v) is 5.08. The van der Waals surface area contributed by atoms with Gasteiger partial charge < -0.3 is 4.98 Å². The summed E-state index contributed by atoms with van der Waals surface area (Å²) in [6.45, 7) is 1.87. The first-order chi connectivity index (χ1) is 14.6. The Morgan fingerprint density at radius 2 is 1.83 bits per heavy atom. The van der Waals surface area contributed by atoms with Crippen LogP contribution in [-0.2, 0) is 7.05 Å². The first kappa shape index (κ1) is 17.8. The summed E-state index contributed by atoms with van der Waals surface area (Å²) < 4.78 is 3.40. The highest BCUT2D eigenvalue weighted by Gasteiger charge is 2.14. The lowest BCUT2D eigenvalue weighted by molar-refractivity contribution is 0.630. The molecular weight excluding hydrogens is 380 g/mol. The maximum absolute atomic E-state index is 12.9. The largest absolute Gasteiger partial charge is 0.338 e. The maximum Gasteiger partial charge on any atom is 0.280 e. The molecule has 3 aromatic heterocycles. The van der Waals surface area contributed by atoms with Gasteiger partial charge in [-0.25, -0.2) is 10.1 Å². The SMILES string of the molecule is Cc1c(/C=N/Nc2nnc3c(n2)[nH]c2ccccc23)c(=O)n(-c2ccccc2)n1C. The molecule has 0 amide bonds. The van der Waals surface area contributed by atoms with E-state index in [2.05, 4.69) is 30.7 Å². The molecule has 0 bridgehead atoms. The van der Waals surface area contributed by atoms with Crippen LogP contribution < -0.4 is 11.0 Å². The zero-order valence-corrected chi connectivity index (χ0v) is 16.4. The van der Waals surface area contributed by atoms with Crippen molar-refractivity contribution in [2.24, 2.45) is 12.1 Å². The predicted octanol–water partition coefficient (Wildman–Crippen LogP) is 2.75. The van der Waals surface area contributed by atoms with Crippen LogP contribution in [0.25, 0.3) is 27.8 Å². The van der Waals surface area contributed by atoms with Gasteiger partial charge in [0.05, 0.1) is 17.5 Å². The highest BCUT2D eigenvalue weighted by Crippen LogP contribution is 2.21. The van der Waals surface area contributed by atoms with Crippen molar-refractivity contribution in [2.45, 2.75) is 6.92 Å². The van der Waals surface area contributed by atoms with Crippen molar-refractivity contribution in [3.8, 4) is 5.69 Å². The van der Waals surface area contributed by atoms with Gasteiger partial charge in [0.25, 0.3) is 11.5 Å². The van der Waals surface area contributed by atoms with Crippen molar-refractivity contribution in [1.29, 1.82) is 0 Å². The number of benzene rings is 2. The zero-order chi connectivity index (χ0) is 20.7. The van der Waals surface area contributed by atoms with E-state index in [1.54, 1.807) is 9.36 Å². The maximum atomic E-state index is 12.9. The standard InChI is InChI=1S/C21H18N8O/c1-13-16(20(30)29(28(13)2)14-8-4-3-5-9-14)12-22-26-21-24-19-18(25-27-21)15-10-6-7-11-17(15)23-19/h3-12H,1-2H3,(H2,23,24,26,27)/b22-12+. The number of anilines is 1. The van der Waals surface area contributed by atoms with E-state index in [0.717, 1.165) is 22.3 Å². The van der Waals surface area contributed by atoms with Crippen LogP contribution in [0.4, 0.5) is 5.95 Å². The molecule has 0 fully saturated rings. The average Bonchev–Trinajstić information content (AvgIpc) is 3.24. The molecule has 0 atom stereocenters. The fraction of sp³-hybridized carbons (Fsp3) is 0.0952. The zero-order valence-electron chi connectivity index (χ0n) is 16.4. The van der Waals surface area contributed by atoms with E-state index in [-0.39, 0.29) is 11.5 Å². The normalized spacial score (nSPS) is 11.7. The number of hydrogen-bond acceptors (Lipinski definition) is 6. The van der Waals surface area contributed by atoms with Gasteiger partial charge in [-0.2, -0.15) is 10.1 Å². The van der Waals surface area contributed by atoms with E-state index >= 15 is 0 Å². The quantitative estimate of drug-likeness (QED) is 0.358. The summed E-state index contributed by atoms with van der Waals surface area (Å²) in [5.41, 5.74) is 6.92. The summed E-state index contributed by atoms with van der Waals surface area (Å²) in [4.78, 5) is 20.5. The van der Waals surface area contributed by atoms with E-state index in [1.165, 1.54) is 6.21 Å². The van der Waals surface area contributed by atoms with Crippen molar-refractivity contribution in [3.05, 3.63) is 76.2 Å². The Kier molecular flexibility index (Phi) is 4.13. The average molecular weight is 398 g/mol. The van der Waals surface area contributed by atoms with Crippen molar-refractivity contribution in [2.75, 3.05) is 5.43 Å². The lowest BCUT2D eigenvalue weighted by Gasteiger charge is -2.07. The topological polar surface area (TPSA) is 106 Å². The smallest absolute Gasteiger partial charge is 0.280 e. The Labute approximate surface area is 170 Å². The highest BCUT2D eigenvalue weighted by molar-refractivity contribution is 6.03. The number of rotatable bonds is 4. The molecule has 2 aromatic carbocycles. The van der Waals surface area contributed by atoms with E-state index in [1.807, 2.05) is 68.6 Å². The Bertz CT molecular complexity index is 1460. The fourth-order valence-corrected chi connectivity index (χ4v) is 3.46. The monoisotopic (exact) mass is 398 g/mol. The van der Waals surface area contributed by atoms with Crippen molar-refractivity contribution >= 4 is 34.2 Å². The molecule has 9 nitrogen and oxygen atoms in total. The number of hydrogen-bond donors (Lipinski definition) is 2. The minimum atomic E-state index is -0.156. The van der Waals surface area contributed by atoms with Crippen molar-refractivity contribution < 1.29 is 0 Å². The lowest BCUT2D eigenvalue weighted by atomic mass is 10.2. The molecule has 2 N–H and O–H groups in total. The Morgan fingerprint density at radius 3 is 2.67 bits per heavy atom. The molecule has 0 saturated heterocycles. The van der Waals surface area contributed by atoms with Crippen molar-refractivity contribution in [1.82, 2.24) is 29.5 Å². The molecule has 0 aliphatic rings. The van der Waals surface area contributed by atoms with Crippen LogP contribution in [0.5, 0.6) is 0 Å². The summed E-state index contributed by atoms with van der Waals surface area (Å²) in [7, 11) is 1.84. The highest BCUT2D eigenvalue weighted by atomic mass is 16.1. The molecule has 0 aliphatic heterocycles. The van der Waals surface area contributed by atoms with Gasteiger partial charge in [0.1, 0.15) is 5.52 Å². The molecule has 0 radical (unpaired) electrons. The molecule has 5 aromatic rings. The molecule has 0 saturated carbocycles. The van der Waals surface area contributed by atoms with Gasteiger partial charge in [0.15, 0.2) is 5.65 Å². The fourth-order valence-electron chi connectivity index (χ4n) is 3.46. The number of para-hydroxylation sites is 2. The number of aromatic nitrogens is 6. The second-order valence-electron chi connectivity index (χ2n) is 6.85. The van der Waals surface area contributed by atoms with Gasteiger partial charge >= 0.3 is 0 Å². The Morgan fingerprint density at radius 1 is 1.07 bits per heavy atom. The van der Waals surface area contributed by atoms with E-state index in [0.29, 0.717) is 16.7 Å². The van der Waals surface area contributed by atoms with Crippen LogP contribution >= 0.6 is 0 Å². The molecule has 0 aliphatic carbocycles. The summed E-state index contributed by atoms with van der Waals surface area (Å²) in [5.74, 6) is 0.238. The third kappa shape index (κ3) is 2.84. The van der Waals surface area contributed by atoms with Crippen LogP contribution in [0.15, 0.2) is 64.5 Å². The first-order valence-electron chi connectivity index (χ1n) is 9.38. The van der Waals surface area contributed by atoms with Crippen LogP contribution in [0.1, 0.15) is 11.3 Å². The van der Waals surface area contributed by atoms with Gasteiger partial charge in [-0.05, 0) is 25.1 Å². The number of nitrogens with zero attached hydrogens (tertiary/aromatic N) is 6. The summed E-state index contributed by atoms with van der Waals surface area (Å²) >= 11 is 0. The van der Waals surface area contributed by atoms with Gasteiger partial charge in [-0.15, -0.1) is 10.2 Å². The third-order valence-electron chi connectivity index (χ3n) is 5.08. The van der Waals surface area contributed by atoms with Crippen molar-refractivity contribution in [3.63, 3.8) is 0 Å². The summed E-state index contributed by atoms with van der Waals surface area (Å²) in [6, 6.07) is 17.3. The number of aromatic amines is 1. The summed E-state index contributed by atoms with van der Waals surface area (Å²) in [6.07, 6.45) is 1.48. The summed E-state index contributed by atoms with van der Waals surface area (Å²) in [5, 5.41) is 13.4. The Balaban J connectivity index is 1.45. The number of hydrazone groups is 1. The second-order valence-corrected chi connectivity index (χ2v) is 6.85. The van der Waals surface area contributed by atoms with Gasteiger partial charge in [-0.1, -0.05) is 36.4 Å². The lowest BCUT2D eigenvalue weighted by Crippen LogP contribution is -2.20. The second kappa shape index (κ2) is 6.96. The molecule has 148 valence electrons. The molecule has 3 heterocycles. The van der Waals surface area contributed by atoms with Gasteiger partial charge in [0, 0.05) is 23.6 Å². The molecule has 0 spiro atoms. The number of nitrogens with one attached hydrogen (secondary N) is 2. The molecule has 30 heavy (non-hydrogen) atoms. The minimum absolute atomic E-state index is 0.156. The number of H-pyrrole nitrogens is 1. The van der Waals surface area contributed by atoms with E-state index in [4.69, 9.17) is 0 Å². The van der Waals surface area contributed by atoms with Crippen LogP contribution in [0.3, 0.4) is 0 Å². The predicted molar refractivity (Wildman–Crippen MR) is 116 cm³/mol. The van der Waals surface area contributed by atoms with Crippen LogP contribution in [-0.4, -0.2) is 35.7 Å². The van der Waals surface area contributed by atoms with E-state index < -0.39 is 0 Å². The molecule has 0 unspecified atom stereocenters. The Hall–Kier alpha value is -4.27. The van der Waals surface area contributed by atoms with Crippen LogP contribution in [0, 0.1) is 6.92 Å². The molecule has 9 heteroatoms. The van der Waals surface area contributed by atoms with Gasteiger partial charge in [-0.3, -0.25) is 9.48 Å². The van der Waals surface area contributed by atoms with Gasteiger partial charge in [0.2, 0.25) is 0 Å². The van der Waals surface area contributed by atoms with Crippen LogP contribution in [0.2, 0.25) is 0 Å². The molecular formula is C21H18N8O. The van der Waals surface area contributed by atoms with E-state index in [9.17, 15) is 4.79 Å².